The van der Waals surface area contributed by atoms with Gasteiger partial charge < -0.3 is 19.5 Å². The van der Waals surface area contributed by atoms with Crippen molar-refractivity contribution in [2.24, 2.45) is 5.92 Å². The quantitative estimate of drug-likeness (QED) is 0.820. The lowest BCUT2D eigenvalue weighted by Crippen LogP contribution is -2.22. The molecule has 1 unspecified atom stereocenters. The van der Waals surface area contributed by atoms with E-state index in [1.54, 1.807) is 7.11 Å². The van der Waals surface area contributed by atoms with Crippen molar-refractivity contribution in [2.75, 3.05) is 33.5 Å². The van der Waals surface area contributed by atoms with Crippen LogP contribution in [-0.2, 0) is 11.3 Å². The summed E-state index contributed by atoms with van der Waals surface area (Å²) in [4.78, 5) is 0. The molecule has 0 bridgehead atoms. The van der Waals surface area contributed by atoms with E-state index in [0.29, 0.717) is 12.5 Å². The van der Waals surface area contributed by atoms with Gasteiger partial charge in [0.2, 0.25) is 0 Å². The van der Waals surface area contributed by atoms with Crippen LogP contribution in [-0.4, -0.2) is 33.5 Å². The molecule has 1 aromatic carbocycles. The van der Waals surface area contributed by atoms with Gasteiger partial charge in [-0.2, -0.15) is 0 Å². The Morgan fingerprint density at radius 2 is 2.32 bits per heavy atom. The van der Waals surface area contributed by atoms with Crippen molar-refractivity contribution in [1.82, 2.24) is 5.32 Å². The molecule has 0 spiro atoms. The Balaban J connectivity index is 1.92. The van der Waals surface area contributed by atoms with Crippen LogP contribution >= 0.6 is 0 Å². The summed E-state index contributed by atoms with van der Waals surface area (Å²) in [5, 5.41) is 3.47. The zero-order chi connectivity index (χ0) is 13.5. The van der Waals surface area contributed by atoms with Crippen molar-refractivity contribution in [1.29, 1.82) is 0 Å². The number of para-hydroxylation sites is 1. The molecule has 1 N–H and O–H groups in total. The molecule has 1 aliphatic heterocycles. The zero-order valence-corrected chi connectivity index (χ0v) is 11.8. The Morgan fingerprint density at radius 3 is 3.00 bits per heavy atom. The summed E-state index contributed by atoms with van der Waals surface area (Å²) in [5.41, 5.74) is 1.13. The smallest absolute Gasteiger partial charge is 0.165 e. The fourth-order valence-corrected chi connectivity index (χ4v) is 2.36. The van der Waals surface area contributed by atoms with E-state index in [0.717, 1.165) is 49.8 Å². The van der Waals surface area contributed by atoms with E-state index in [4.69, 9.17) is 14.2 Å². The van der Waals surface area contributed by atoms with Crippen LogP contribution in [0.4, 0.5) is 0 Å². The van der Waals surface area contributed by atoms with Crippen molar-refractivity contribution in [3.8, 4) is 11.5 Å². The Hall–Kier alpha value is -1.26. The summed E-state index contributed by atoms with van der Waals surface area (Å²) in [6.07, 6.45) is 1.16. The highest BCUT2D eigenvalue weighted by Gasteiger charge is 2.15. The Bertz CT molecular complexity index is 389. The number of hydrogen-bond acceptors (Lipinski definition) is 4. The summed E-state index contributed by atoms with van der Waals surface area (Å²) in [6.45, 7) is 6.18. The molecule has 106 valence electrons. The van der Waals surface area contributed by atoms with E-state index in [2.05, 4.69) is 11.4 Å². The molecular weight excluding hydrogens is 242 g/mol. The number of rotatable bonds is 7. The number of benzene rings is 1. The average molecular weight is 265 g/mol. The predicted molar refractivity (Wildman–Crippen MR) is 74.8 cm³/mol. The molecule has 0 amide bonds. The molecule has 1 atom stereocenters. The first kappa shape index (κ1) is 14.2. The largest absolute Gasteiger partial charge is 0.493 e. The third-order valence-corrected chi connectivity index (χ3v) is 3.34. The molecule has 4 nitrogen and oxygen atoms in total. The molecule has 2 rings (SSSR count). The standard InChI is InChI=1S/C15H23NO3/c1-3-19-14-6-4-5-13(15(14)17-2)10-16-9-12-7-8-18-11-12/h4-6,12,16H,3,7-11H2,1-2H3. The molecule has 4 heteroatoms. The van der Waals surface area contributed by atoms with Crippen LogP contribution in [0.15, 0.2) is 18.2 Å². The van der Waals surface area contributed by atoms with E-state index in [1.165, 1.54) is 0 Å². The van der Waals surface area contributed by atoms with Gasteiger partial charge >= 0.3 is 0 Å². The number of hydrogen-bond donors (Lipinski definition) is 1. The minimum absolute atomic E-state index is 0.640. The summed E-state index contributed by atoms with van der Waals surface area (Å²) in [7, 11) is 1.69. The van der Waals surface area contributed by atoms with E-state index in [1.807, 2.05) is 19.1 Å². The Kier molecular flexibility index (Phi) is 5.48. The van der Waals surface area contributed by atoms with Crippen LogP contribution in [0.5, 0.6) is 11.5 Å². The van der Waals surface area contributed by atoms with Crippen molar-refractivity contribution in [2.45, 2.75) is 19.9 Å². The van der Waals surface area contributed by atoms with Crippen molar-refractivity contribution >= 4 is 0 Å². The fourth-order valence-electron chi connectivity index (χ4n) is 2.36. The maximum atomic E-state index is 5.58. The van der Waals surface area contributed by atoms with Gasteiger partial charge in [-0.1, -0.05) is 12.1 Å². The third kappa shape index (κ3) is 3.85. The predicted octanol–water partition coefficient (Wildman–Crippen LogP) is 2.22. The van der Waals surface area contributed by atoms with Crippen LogP contribution in [0.3, 0.4) is 0 Å². The van der Waals surface area contributed by atoms with Crippen LogP contribution < -0.4 is 14.8 Å². The molecule has 1 saturated heterocycles. The molecule has 1 aromatic rings. The van der Waals surface area contributed by atoms with E-state index >= 15 is 0 Å². The van der Waals surface area contributed by atoms with Gasteiger partial charge in [-0.3, -0.25) is 0 Å². The second kappa shape index (κ2) is 7.36. The summed E-state index contributed by atoms with van der Waals surface area (Å²) in [5.74, 6) is 2.29. The molecule has 1 aliphatic rings. The zero-order valence-electron chi connectivity index (χ0n) is 11.8. The van der Waals surface area contributed by atoms with Gasteiger partial charge in [0.25, 0.3) is 0 Å². The second-order valence-corrected chi connectivity index (χ2v) is 4.74. The number of methoxy groups -OCH3 is 1. The van der Waals surface area contributed by atoms with Gasteiger partial charge in [0, 0.05) is 25.3 Å². The highest BCUT2D eigenvalue weighted by molar-refractivity contribution is 5.46. The highest BCUT2D eigenvalue weighted by Crippen LogP contribution is 2.30. The van der Waals surface area contributed by atoms with E-state index < -0.39 is 0 Å². The normalized spacial score (nSPS) is 18.5. The lowest BCUT2D eigenvalue weighted by atomic mass is 10.1. The van der Waals surface area contributed by atoms with Crippen LogP contribution in [0, 0.1) is 5.92 Å². The van der Waals surface area contributed by atoms with Gasteiger partial charge in [0.05, 0.1) is 20.3 Å². The fraction of sp³-hybridized carbons (Fsp3) is 0.600. The Morgan fingerprint density at radius 1 is 1.42 bits per heavy atom. The SMILES string of the molecule is CCOc1cccc(CNCC2CCOC2)c1OC. The van der Waals surface area contributed by atoms with Gasteiger partial charge in [0.15, 0.2) is 11.5 Å². The maximum Gasteiger partial charge on any atom is 0.165 e. The van der Waals surface area contributed by atoms with E-state index in [9.17, 15) is 0 Å². The summed E-state index contributed by atoms with van der Waals surface area (Å²) >= 11 is 0. The molecule has 1 heterocycles. The first-order valence-corrected chi connectivity index (χ1v) is 6.92. The second-order valence-electron chi connectivity index (χ2n) is 4.74. The minimum Gasteiger partial charge on any atom is -0.493 e. The number of nitrogens with one attached hydrogen (secondary N) is 1. The molecule has 0 aliphatic carbocycles. The van der Waals surface area contributed by atoms with E-state index in [-0.39, 0.29) is 0 Å². The lowest BCUT2D eigenvalue weighted by Gasteiger charge is -2.15. The molecule has 0 saturated carbocycles. The molecule has 0 aromatic heterocycles. The molecule has 19 heavy (non-hydrogen) atoms. The van der Waals surface area contributed by atoms with Gasteiger partial charge in [-0.05, 0) is 25.3 Å². The highest BCUT2D eigenvalue weighted by atomic mass is 16.5. The van der Waals surface area contributed by atoms with Crippen LogP contribution in [0.25, 0.3) is 0 Å². The van der Waals surface area contributed by atoms with Gasteiger partial charge in [-0.25, -0.2) is 0 Å². The van der Waals surface area contributed by atoms with Crippen molar-refractivity contribution in [3.05, 3.63) is 23.8 Å². The monoisotopic (exact) mass is 265 g/mol. The summed E-state index contributed by atoms with van der Waals surface area (Å²) in [6, 6.07) is 6.01. The number of ether oxygens (including phenoxy) is 3. The van der Waals surface area contributed by atoms with Crippen molar-refractivity contribution in [3.63, 3.8) is 0 Å². The van der Waals surface area contributed by atoms with Crippen molar-refractivity contribution < 1.29 is 14.2 Å². The minimum atomic E-state index is 0.640. The first-order chi connectivity index (χ1) is 9.35. The Labute approximate surface area is 115 Å². The molecule has 1 fully saturated rings. The first-order valence-electron chi connectivity index (χ1n) is 6.92. The van der Waals surface area contributed by atoms with Gasteiger partial charge in [0.1, 0.15) is 0 Å². The summed E-state index contributed by atoms with van der Waals surface area (Å²) < 4.78 is 16.4. The molecule has 0 radical (unpaired) electrons. The third-order valence-electron chi connectivity index (χ3n) is 3.34. The lowest BCUT2D eigenvalue weighted by molar-refractivity contribution is 0.185. The topological polar surface area (TPSA) is 39.7 Å². The average Bonchev–Trinajstić information content (AvgIpc) is 2.93. The van der Waals surface area contributed by atoms with Crippen LogP contribution in [0.1, 0.15) is 18.9 Å². The maximum absolute atomic E-state index is 5.58. The van der Waals surface area contributed by atoms with Gasteiger partial charge in [-0.15, -0.1) is 0 Å². The van der Waals surface area contributed by atoms with Crippen LogP contribution in [0.2, 0.25) is 0 Å². The molecular formula is C15H23NO3.